The van der Waals surface area contributed by atoms with E-state index in [1.165, 1.54) is 0 Å². The molecule has 0 bridgehead atoms. The fourth-order valence-corrected chi connectivity index (χ4v) is 5.44. The Hall–Kier alpha value is -2.77. The van der Waals surface area contributed by atoms with Crippen LogP contribution in [0.1, 0.15) is 41.6 Å². The Morgan fingerprint density at radius 2 is 1.65 bits per heavy atom. The lowest BCUT2D eigenvalue weighted by molar-refractivity contribution is -0.139. The van der Waals surface area contributed by atoms with Crippen LogP contribution >= 0.6 is 11.6 Å². The fourth-order valence-electron chi connectivity index (χ4n) is 5.32. The lowest BCUT2D eigenvalue weighted by atomic mass is 9.77. The van der Waals surface area contributed by atoms with Gasteiger partial charge in [0.25, 0.3) is 5.91 Å². The minimum atomic E-state index is -0.411. The number of carbonyl (C=O) groups excluding carboxylic acids is 2. The molecule has 0 atom stereocenters. The van der Waals surface area contributed by atoms with Crippen molar-refractivity contribution >= 4 is 23.4 Å². The molecule has 34 heavy (non-hydrogen) atoms. The van der Waals surface area contributed by atoms with Crippen LogP contribution < -0.4 is 14.8 Å². The van der Waals surface area contributed by atoms with Crippen molar-refractivity contribution in [2.24, 2.45) is 0 Å². The summed E-state index contributed by atoms with van der Waals surface area (Å²) < 4.78 is 10.6. The Kier molecular flexibility index (Phi) is 6.66. The van der Waals surface area contributed by atoms with Crippen LogP contribution in [0.2, 0.25) is 5.02 Å². The SMILES string of the molecule is O=C(NCCN1CCN(C(=O)C2(c3ccc(Cl)cc3)CCCC2)CC1)c1ccc2c(c1)OCO2. The molecule has 0 unspecified atom stereocenters. The number of benzene rings is 2. The van der Waals surface area contributed by atoms with Crippen LogP contribution in [0.25, 0.3) is 0 Å². The van der Waals surface area contributed by atoms with Gasteiger partial charge in [0.1, 0.15) is 0 Å². The number of fused-ring (bicyclic) bond motifs is 1. The van der Waals surface area contributed by atoms with Crippen LogP contribution in [-0.2, 0) is 10.2 Å². The number of piperazine rings is 1. The Bertz CT molecular complexity index is 1040. The van der Waals surface area contributed by atoms with Gasteiger partial charge in [0.15, 0.2) is 11.5 Å². The van der Waals surface area contributed by atoms with Crippen molar-refractivity contribution < 1.29 is 19.1 Å². The summed E-state index contributed by atoms with van der Waals surface area (Å²) in [6.07, 6.45) is 3.97. The molecule has 7 nitrogen and oxygen atoms in total. The van der Waals surface area contributed by atoms with E-state index in [9.17, 15) is 9.59 Å². The van der Waals surface area contributed by atoms with Gasteiger partial charge < -0.3 is 19.7 Å². The summed E-state index contributed by atoms with van der Waals surface area (Å²) in [6, 6.07) is 13.0. The zero-order chi connectivity index (χ0) is 23.5. The Labute approximate surface area is 205 Å². The van der Waals surface area contributed by atoms with E-state index in [1.54, 1.807) is 18.2 Å². The summed E-state index contributed by atoms with van der Waals surface area (Å²) in [5.74, 6) is 1.40. The monoisotopic (exact) mass is 483 g/mol. The summed E-state index contributed by atoms with van der Waals surface area (Å²) in [7, 11) is 0. The van der Waals surface area contributed by atoms with E-state index in [4.69, 9.17) is 21.1 Å². The number of rotatable bonds is 6. The molecule has 180 valence electrons. The van der Waals surface area contributed by atoms with Crippen LogP contribution in [0.3, 0.4) is 0 Å². The van der Waals surface area contributed by atoms with Crippen LogP contribution in [0.5, 0.6) is 11.5 Å². The van der Waals surface area contributed by atoms with E-state index in [0.717, 1.165) is 50.9 Å². The minimum Gasteiger partial charge on any atom is -0.454 e. The summed E-state index contributed by atoms with van der Waals surface area (Å²) >= 11 is 6.09. The average molecular weight is 484 g/mol. The van der Waals surface area contributed by atoms with Gasteiger partial charge in [0.05, 0.1) is 5.41 Å². The molecular formula is C26H30ClN3O4. The number of nitrogens with zero attached hydrogens (tertiary/aromatic N) is 2. The van der Waals surface area contributed by atoms with Crippen molar-refractivity contribution in [3.8, 4) is 11.5 Å². The summed E-state index contributed by atoms with van der Waals surface area (Å²) in [6.45, 7) is 4.53. The average Bonchev–Trinajstić information content (AvgIpc) is 3.54. The number of amides is 2. The first-order valence-electron chi connectivity index (χ1n) is 12.0. The van der Waals surface area contributed by atoms with Gasteiger partial charge in [0.2, 0.25) is 12.7 Å². The number of halogens is 1. The Morgan fingerprint density at radius 1 is 0.941 bits per heavy atom. The molecule has 1 saturated carbocycles. The standard InChI is InChI=1S/C26H30ClN3O4/c27-21-6-4-20(5-7-21)26(9-1-2-10-26)25(32)30-15-13-29(14-16-30)12-11-28-24(31)19-3-8-22-23(17-19)34-18-33-22/h3-8,17H,1-2,9-16,18H2,(H,28,31). The highest BCUT2D eigenvalue weighted by Crippen LogP contribution is 2.43. The summed E-state index contributed by atoms with van der Waals surface area (Å²) in [5, 5.41) is 3.68. The maximum atomic E-state index is 13.7. The van der Waals surface area contributed by atoms with Crippen molar-refractivity contribution in [2.45, 2.75) is 31.1 Å². The molecule has 2 aromatic rings. The van der Waals surface area contributed by atoms with E-state index in [0.29, 0.717) is 41.7 Å². The summed E-state index contributed by atoms with van der Waals surface area (Å²) in [5.41, 5.74) is 1.24. The summed E-state index contributed by atoms with van der Waals surface area (Å²) in [4.78, 5) is 30.5. The molecule has 5 rings (SSSR count). The largest absolute Gasteiger partial charge is 0.454 e. The van der Waals surface area contributed by atoms with Gasteiger partial charge in [0, 0.05) is 49.9 Å². The number of nitrogens with one attached hydrogen (secondary N) is 1. The van der Waals surface area contributed by atoms with Gasteiger partial charge >= 0.3 is 0 Å². The molecule has 0 aromatic heterocycles. The highest BCUT2D eigenvalue weighted by Gasteiger charge is 2.45. The topological polar surface area (TPSA) is 71.1 Å². The first kappa shape index (κ1) is 23.0. The Balaban J connectivity index is 1.11. The van der Waals surface area contributed by atoms with E-state index < -0.39 is 5.41 Å². The van der Waals surface area contributed by atoms with Crippen LogP contribution in [0.4, 0.5) is 0 Å². The quantitative estimate of drug-likeness (QED) is 0.681. The van der Waals surface area contributed by atoms with Crippen molar-refractivity contribution in [1.82, 2.24) is 15.1 Å². The highest BCUT2D eigenvalue weighted by molar-refractivity contribution is 6.30. The predicted molar refractivity (Wildman–Crippen MR) is 130 cm³/mol. The second kappa shape index (κ2) is 9.84. The first-order chi connectivity index (χ1) is 16.5. The molecular weight excluding hydrogens is 454 g/mol. The van der Waals surface area contributed by atoms with Crippen LogP contribution in [0.15, 0.2) is 42.5 Å². The van der Waals surface area contributed by atoms with Gasteiger partial charge in [-0.2, -0.15) is 0 Å². The molecule has 0 spiro atoms. The molecule has 2 fully saturated rings. The third-order valence-corrected chi connectivity index (χ3v) is 7.52. The Morgan fingerprint density at radius 3 is 2.38 bits per heavy atom. The second-order valence-electron chi connectivity index (χ2n) is 9.25. The van der Waals surface area contributed by atoms with Crippen LogP contribution in [-0.4, -0.2) is 67.7 Å². The molecule has 1 saturated heterocycles. The highest BCUT2D eigenvalue weighted by atomic mass is 35.5. The second-order valence-corrected chi connectivity index (χ2v) is 9.69. The van der Waals surface area contributed by atoms with Crippen molar-refractivity contribution in [3.05, 3.63) is 58.6 Å². The maximum Gasteiger partial charge on any atom is 0.251 e. The van der Waals surface area contributed by atoms with Crippen molar-refractivity contribution in [3.63, 3.8) is 0 Å². The van der Waals surface area contributed by atoms with E-state index in [-0.39, 0.29) is 18.6 Å². The zero-order valence-electron chi connectivity index (χ0n) is 19.2. The fraction of sp³-hybridized carbons (Fsp3) is 0.462. The smallest absolute Gasteiger partial charge is 0.251 e. The maximum absolute atomic E-state index is 13.7. The third-order valence-electron chi connectivity index (χ3n) is 7.27. The van der Waals surface area contributed by atoms with Gasteiger partial charge in [-0.15, -0.1) is 0 Å². The van der Waals surface area contributed by atoms with Crippen LogP contribution in [0, 0.1) is 0 Å². The normalized spacial score (nSPS) is 19.3. The molecule has 2 amide bonds. The van der Waals surface area contributed by atoms with Gasteiger partial charge in [-0.05, 0) is 48.7 Å². The van der Waals surface area contributed by atoms with E-state index >= 15 is 0 Å². The molecule has 0 radical (unpaired) electrons. The number of hydrogen-bond acceptors (Lipinski definition) is 5. The van der Waals surface area contributed by atoms with Gasteiger partial charge in [-0.1, -0.05) is 36.6 Å². The van der Waals surface area contributed by atoms with Gasteiger partial charge in [-0.3, -0.25) is 14.5 Å². The lowest BCUT2D eigenvalue weighted by Crippen LogP contribution is -2.54. The lowest BCUT2D eigenvalue weighted by Gasteiger charge is -2.40. The minimum absolute atomic E-state index is 0.127. The molecule has 1 N–H and O–H groups in total. The van der Waals surface area contributed by atoms with E-state index in [2.05, 4.69) is 10.2 Å². The molecule has 2 heterocycles. The number of carbonyl (C=O) groups is 2. The van der Waals surface area contributed by atoms with Gasteiger partial charge in [-0.25, -0.2) is 0 Å². The van der Waals surface area contributed by atoms with Crippen molar-refractivity contribution in [1.29, 1.82) is 0 Å². The van der Waals surface area contributed by atoms with E-state index in [1.807, 2.05) is 29.2 Å². The first-order valence-corrected chi connectivity index (χ1v) is 12.4. The molecule has 3 aliphatic rings. The molecule has 8 heteroatoms. The number of hydrogen-bond donors (Lipinski definition) is 1. The molecule has 2 aliphatic heterocycles. The molecule has 2 aromatic carbocycles. The zero-order valence-corrected chi connectivity index (χ0v) is 20.0. The number of ether oxygens (including phenoxy) is 2. The molecule has 1 aliphatic carbocycles. The van der Waals surface area contributed by atoms with Crippen molar-refractivity contribution in [2.75, 3.05) is 46.1 Å². The predicted octanol–water partition coefficient (Wildman–Crippen LogP) is 3.45. The third kappa shape index (κ3) is 4.59.